The van der Waals surface area contributed by atoms with Crippen molar-refractivity contribution in [2.75, 3.05) is 33.4 Å². The van der Waals surface area contributed by atoms with Gasteiger partial charge in [0.1, 0.15) is 6.61 Å². The molecule has 1 amide bonds. The van der Waals surface area contributed by atoms with Crippen LogP contribution in [0.2, 0.25) is 0 Å². The molecule has 1 N–H and O–H groups in total. The fourth-order valence-corrected chi connectivity index (χ4v) is 2.52. The summed E-state index contributed by atoms with van der Waals surface area (Å²) in [6.45, 7) is 2.10. The van der Waals surface area contributed by atoms with E-state index in [1.54, 1.807) is 17.0 Å². The van der Waals surface area contributed by atoms with Crippen LogP contribution in [-0.4, -0.2) is 49.3 Å². The van der Waals surface area contributed by atoms with Gasteiger partial charge in [-0.3, -0.25) is 4.79 Å². The summed E-state index contributed by atoms with van der Waals surface area (Å²) in [5.41, 5.74) is 1.25. The van der Waals surface area contributed by atoms with Crippen molar-refractivity contribution >= 4 is 5.91 Å². The molecule has 0 unspecified atom stereocenters. The minimum Gasteiger partial charge on any atom is -0.384 e. The molecule has 1 aromatic rings. The molecular formula is C17H21NO3. The SMILES string of the molecule is CN(CC1CCOCC1)C(=O)c1ccccc1C#CCO. The second-order valence-electron chi connectivity index (χ2n) is 5.25. The zero-order valence-electron chi connectivity index (χ0n) is 12.3. The van der Waals surface area contributed by atoms with Gasteiger partial charge in [-0.1, -0.05) is 24.0 Å². The molecule has 1 aliphatic heterocycles. The maximum atomic E-state index is 12.6. The van der Waals surface area contributed by atoms with E-state index in [0.717, 1.165) is 32.6 Å². The highest BCUT2D eigenvalue weighted by atomic mass is 16.5. The molecule has 0 aromatic heterocycles. The third kappa shape index (κ3) is 4.32. The van der Waals surface area contributed by atoms with Gasteiger partial charge in [-0.2, -0.15) is 0 Å². The van der Waals surface area contributed by atoms with Crippen molar-refractivity contribution in [1.29, 1.82) is 0 Å². The van der Waals surface area contributed by atoms with Crippen LogP contribution < -0.4 is 0 Å². The van der Waals surface area contributed by atoms with E-state index in [-0.39, 0.29) is 12.5 Å². The van der Waals surface area contributed by atoms with Gasteiger partial charge in [0.15, 0.2) is 0 Å². The number of hydrogen-bond donors (Lipinski definition) is 1. The predicted octanol–water partition coefficient (Wildman–Crippen LogP) is 1.53. The van der Waals surface area contributed by atoms with Crippen molar-refractivity contribution in [2.45, 2.75) is 12.8 Å². The standard InChI is InChI=1S/C17H21NO3/c1-18(13-14-8-11-21-12-9-14)17(20)16-7-3-2-5-15(16)6-4-10-19/h2-3,5,7,14,19H,8-13H2,1H3. The van der Waals surface area contributed by atoms with Crippen molar-refractivity contribution in [3.05, 3.63) is 35.4 Å². The lowest BCUT2D eigenvalue weighted by Gasteiger charge is -2.27. The summed E-state index contributed by atoms with van der Waals surface area (Å²) in [4.78, 5) is 14.3. The van der Waals surface area contributed by atoms with Crippen molar-refractivity contribution in [3.63, 3.8) is 0 Å². The number of amides is 1. The van der Waals surface area contributed by atoms with Crippen LogP contribution in [0, 0.1) is 17.8 Å². The summed E-state index contributed by atoms with van der Waals surface area (Å²) in [6.07, 6.45) is 2.01. The van der Waals surface area contributed by atoms with Crippen molar-refractivity contribution in [3.8, 4) is 11.8 Å². The highest BCUT2D eigenvalue weighted by Crippen LogP contribution is 2.17. The van der Waals surface area contributed by atoms with E-state index in [1.807, 2.05) is 19.2 Å². The van der Waals surface area contributed by atoms with Crippen LogP contribution in [0.15, 0.2) is 24.3 Å². The minimum atomic E-state index is -0.208. The molecule has 4 nitrogen and oxygen atoms in total. The van der Waals surface area contributed by atoms with Crippen LogP contribution in [-0.2, 0) is 4.74 Å². The molecule has 112 valence electrons. The highest BCUT2D eigenvalue weighted by molar-refractivity contribution is 5.96. The molecular weight excluding hydrogens is 266 g/mol. The Morgan fingerprint density at radius 2 is 2.10 bits per heavy atom. The van der Waals surface area contributed by atoms with E-state index >= 15 is 0 Å². The average Bonchev–Trinajstić information content (AvgIpc) is 2.53. The lowest BCUT2D eigenvalue weighted by atomic mass is 9.99. The minimum absolute atomic E-state index is 0.0238. The average molecular weight is 287 g/mol. The van der Waals surface area contributed by atoms with Gasteiger partial charge in [0.25, 0.3) is 5.91 Å². The Bertz CT molecular complexity index is 538. The van der Waals surface area contributed by atoms with Crippen LogP contribution in [0.1, 0.15) is 28.8 Å². The zero-order chi connectivity index (χ0) is 15.1. The highest BCUT2D eigenvalue weighted by Gasteiger charge is 2.20. The van der Waals surface area contributed by atoms with E-state index in [9.17, 15) is 4.79 Å². The summed E-state index contributed by atoms with van der Waals surface area (Å²) in [5, 5.41) is 8.80. The van der Waals surface area contributed by atoms with Crippen molar-refractivity contribution in [2.24, 2.45) is 5.92 Å². The number of benzene rings is 1. The first-order valence-electron chi connectivity index (χ1n) is 7.24. The molecule has 21 heavy (non-hydrogen) atoms. The van der Waals surface area contributed by atoms with Crippen molar-refractivity contribution in [1.82, 2.24) is 4.90 Å². The third-order valence-electron chi connectivity index (χ3n) is 3.68. The number of ether oxygens (including phenoxy) is 1. The van der Waals surface area contributed by atoms with Gasteiger partial charge in [-0.25, -0.2) is 0 Å². The summed E-state index contributed by atoms with van der Waals surface area (Å²) >= 11 is 0. The maximum absolute atomic E-state index is 12.6. The second kappa shape index (κ2) is 7.82. The zero-order valence-corrected chi connectivity index (χ0v) is 12.3. The van der Waals surface area contributed by atoms with Gasteiger partial charge in [0, 0.05) is 32.4 Å². The monoisotopic (exact) mass is 287 g/mol. The molecule has 0 saturated carbocycles. The van der Waals surface area contributed by atoms with Gasteiger partial charge < -0.3 is 14.7 Å². The summed E-state index contributed by atoms with van der Waals surface area (Å²) in [7, 11) is 1.83. The smallest absolute Gasteiger partial charge is 0.254 e. The molecule has 1 saturated heterocycles. The molecule has 1 fully saturated rings. The molecule has 1 aliphatic rings. The van der Waals surface area contributed by atoms with Gasteiger partial charge >= 0.3 is 0 Å². The van der Waals surface area contributed by atoms with Gasteiger partial charge in [-0.05, 0) is 30.9 Å². The van der Waals surface area contributed by atoms with E-state index in [1.165, 1.54) is 0 Å². The quantitative estimate of drug-likeness (QED) is 0.858. The Labute approximate surface area is 125 Å². The van der Waals surface area contributed by atoms with Crippen LogP contribution in [0.4, 0.5) is 0 Å². The topological polar surface area (TPSA) is 49.8 Å². The second-order valence-corrected chi connectivity index (χ2v) is 5.25. The number of hydrogen-bond acceptors (Lipinski definition) is 3. The molecule has 1 heterocycles. The summed E-state index contributed by atoms with van der Waals surface area (Å²) in [5.74, 6) is 5.91. The lowest BCUT2D eigenvalue weighted by Crippen LogP contribution is -2.34. The molecule has 0 spiro atoms. The van der Waals surface area contributed by atoms with Crippen LogP contribution in [0.25, 0.3) is 0 Å². The Hall–Kier alpha value is -1.83. The number of carbonyl (C=O) groups excluding carboxylic acids is 1. The molecule has 0 bridgehead atoms. The molecule has 4 heteroatoms. The summed E-state index contributed by atoms with van der Waals surface area (Å²) < 4.78 is 5.34. The maximum Gasteiger partial charge on any atom is 0.254 e. The number of rotatable bonds is 3. The molecule has 0 radical (unpaired) electrons. The Kier molecular flexibility index (Phi) is 5.79. The van der Waals surface area contributed by atoms with Crippen LogP contribution in [0.3, 0.4) is 0 Å². The van der Waals surface area contributed by atoms with E-state index in [0.29, 0.717) is 17.0 Å². The predicted molar refractivity (Wildman–Crippen MR) is 80.9 cm³/mol. The molecule has 2 rings (SSSR count). The number of aliphatic hydroxyl groups is 1. The van der Waals surface area contributed by atoms with E-state index in [2.05, 4.69) is 11.8 Å². The Morgan fingerprint density at radius 1 is 1.38 bits per heavy atom. The lowest BCUT2D eigenvalue weighted by molar-refractivity contribution is 0.0497. The first-order chi connectivity index (χ1) is 10.2. The van der Waals surface area contributed by atoms with Gasteiger partial charge in [0.2, 0.25) is 0 Å². The molecule has 1 aromatic carbocycles. The van der Waals surface area contributed by atoms with Gasteiger partial charge in [0.05, 0.1) is 5.56 Å². The van der Waals surface area contributed by atoms with Crippen LogP contribution in [0.5, 0.6) is 0 Å². The summed E-state index contributed by atoms with van der Waals surface area (Å²) in [6, 6.07) is 7.26. The fourth-order valence-electron chi connectivity index (χ4n) is 2.52. The largest absolute Gasteiger partial charge is 0.384 e. The number of nitrogens with zero attached hydrogens (tertiary/aromatic N) is 1. The third-order valence-corrected chi connectivity index (χ3v) is 3.68. The fraction of sp³-hybridized carbons (Fsp3) is 0.471. The molecule has 0 atom stereocenters. The first kappa shape index (κ1) is 15.6. The van der Waals surface area contributed by atoms with Crippen LogP contribution >= 0.6 is 0 Å². The van der Waals surface area contributed by atoms with E-state index < -0.39 is 0 Å². The van der Waals surface area contributed by atoms with Gasteiger partial charge in [-0.15, -0.1) is 0 Å². The Morgan fingerprint density at radius 3 is 2.81 bits per heavy atom. The molecule has 0 aliphatic carbocycles. The number of aliphatic hydroxyl groups excluding tert-OH is 1. The number of carbonyl (C=O) groups is 1. The Balaban J connectivity index is 2.08. The normalized spacial score (nSPS) is 15.1. The first-order valence-corrected chi connectivity index (χ1v) is 7.24. The van der Waals surface area contributed by atoms with Crippen molar-refractivity contribution < 1.29 is 14.6 Å². The van der Waals surface area contributed by atoms with E-state index in [4.69, 9.17) is 9.84 Å².